The summed E-state index contributed by atoms with van der Waals surface area (Å²) in [7, 11) is 0. The van der Waals surface area contributed by atoms with Gasteiger partial charge in [0.2, 0.25) is 6.08 Å². The van der Waals surface area contributed by atoms with E-state index in [0.717, 1.165) is 0 Å². The van der Waals surface area contributed by atoms with Gasteiger partial charge < -0.3 is 0 Å². The number of hydrogen-bond acceptors (Lipinski definition) is 2. The Morgan fingerprint density at radius 1 is 1.46 bits per heavy atom. The van der Waals surface area contributed by atoms with Crippen molar-refractivity contribution in [2.75, 3.05) is 6.54 Å². The maximum atomic E-state index is 9.99. The van der Waals surface area contributed by atoms with E-state index in [1.165, 1.54) is 5.56 Å². The summed E-state index contributed by atoms with van der Waals surface area (Å²) in [4.78, 5) is 13.6. The highest BCUT2D eigenvalue weighted by Gasteiger charge is 2.21. The minimum Gasteiger partial charge on any atom is -0.211 e. The summed E-state index contributed by atoms with van der Waals surface area (Å²) in [6, 6.07) is 10.0. The van der Waals surface area contributed by atoms with Crippen molar-refractivity contribution >= 4 is 28.7 Å². The van der Waals surface area contributed by atoms with Crippen LogP contribution in [0.4, 0.5) is 0 Å². The lowest BCUT2D eigenvalue weighted by atomic mass is 10.0. The molecular formula is C10H10INO. The molecule has 2 nitrogen and oxygen atoms in total. The van der Waals surface area contributed by atoms with Gasteiger partial charge in [0.1, 0.15) is 0 Å². The molecule has 0 aliphatic heterocycles. The van der Waals surface area contributed by atoms with Crippen LogP contribution in [0.2, 0.25) is 0 Å². The molecule has 1 aromatic rings. The smallest absolute Gasteiger partial charge is 0.211 e. The van der Waals surface area contributed by atoms with Crippen LogP contribution in [0, 0.1) is 0 Å². The van der Waals surface area contributed by atoms with E-state index in [4.69, 9.17) is 0 Å². The van der Waals surface area contributed by atoms with Crippen molar-refractivity contribution in [2.24, 2.45) is 4.99 Å². The van der Waals surface area contributed by atoms with Gasteiger partial charge in [0, 0.05) is 0 Å². The Morgan fingerprint density at radius 3 is 2.62 bits per heavy atom. The van der Waals surface area contributed by atoms with Crippen LogP contribution in [0.1, 0.15) is 12.5 Å². The molecule has 0 fully saturated rings. The highest BCUT2D eigenvalue weighted by molar-refractivity contribution is 14.1. The van der Waals surface area contributed by atoms with Crippen molar-refractivity contribution in [3.8, 4) is 0 Å². The summed E-state index contributed by atoms with van der Waals surface area (Å²) in [5.41, 5.74) is 1.18. The molecule has 0 bridgehead atoms. The van der Waals surface area contributed by atoms with Gasteiger partial charge >= 0.3 is 0 Å². The van der Waals surface area contributed by atoms with E-state index in [1.54, 1.807) is 6.08 Å². The minimum absolute atomic E-state index is 0.115. The average Bonchev–Trinajstić information content (AvgIpc) is 2.16. The molecule has 3 heteroatoms. The monoisotopic (exact) mass is 287 g/mol. The number of aliphatic imine (C=N–C) groups is 1. The summed E-state index contributed by atoms with van der Waals surface area (Å²) in [5.74, 6) is 0. The summed E-state index contributed by atoms with van der Waals surface area (Å²) in [5, 5.41) is 0. The minimum atomic E-state index is -0.115. The molecule has 0 aliphatic rings. The van der Waals surface area contributed by atoms with E-state index < -0.39 is 0 Å². The van der Waals surface area contributed by atoms with Crippen LogP contribution in [-0.4, -0.2) is 12.6 Å². The zero-order valence-corrected chi connectivity index (χ0v) is 9.48. The lowest BCUT2D eigenvalue weighted by Crippen LogP contribution is -2.16. The predicted octanol–water partition coefficient (Wildman–Crippen LogP) is 2.67. The summed E-state index contributed by atoms with van der Waals surface area (Å²) < 4.78 is -0.115. The molecule has 1 atom stereocenters. The lowest BCUT2D eigenvalue weighted by molar-refractivity contribution is 0.561. The first-order valence-electron chi connectivity index (χ1n) is 3.95. The van der Waals surface area contributed by atoms with Gasteiger partial charge in [-0.1, -0.05) is 52.9 Å². The fourth-order valence-electron chi connectivity index (χ4n) is 1.06. The van der Waals surface area contributed by atoms with Gasteiger partial charge in [-0.15, -0.1) is 0 Å². The third-order valence-electron chi connectivity index (χ3n) is 1.82. The fraction of sp³-hybridized carbons (Fsp3) is 0.300. The number of isocyanates is 1. The van der Waals surface area contributed by atoms with Crippen LogP contribution in [-0.2, 0) is 8.22 Å². The van der Waals surface area contributed by atoms with Crippen molar-refractivity contribution in [1.82, 2.24) is 0 Å². The van der Waals surface area contributed by atoms with Gasteiger partial charge in [0.15, 0.2) is 0 Å². The number of halogens is 1. The lowest BCUT2D eigenvalue weighted by Gasteiger charge is -2.19. The molecule has 68 valence electrons. The quantitative estimate of drug-likeness (QED) is 0.364. The van der Waals surface area contributed by atoms with Crippen molar-refractivity contribution in [3.05, 3.63) is 35.9 Å². The number of carbonyl (C=O) groups excluding carboxylic acids is 1. The summed E-state index contributed by atoms with van der Waals surface area (Å²) in [6.45, 7) is 2.52. The molecule has 1 unspecified atom stereocenters. The van der Waals surface area contributed by atoms with Gasteiger partial charge in [0.05, 0.1) is 9.97 Å². The molecule has 0 aliphatic carbocycles. The molecule has 1 aromatic carbocycles. The average molecular weight is 287 g/mol. The first kappa shape index (κ1) is 10.4. The second-order valence-corrected chi connectivity index (χ2v) is 5.35. The molecule has 0 spiro atoms. The molecule has 0 saturated carbocycles. The Balaban J connectivity index is 2.87. The Bertz CT molecular complexity index is 315. The fourth-order valence-corrected chi connectivity index (χ4v) is 1.59. The number of hydrogen-bond donors (Lipinski definition) is 0. The third-order valence-corrected chi connectivity index (χ3v) is 2.78. The van der Waals surface area contributed by atoms with Gasteiger partial charge in [-0.3, -0.25) is 0 Å². The van der Waals surface area contributed by atoms with E-state index in [-0.39, 0.29) is 3.42 Å². The number of benzene rings is 1. The zero-order valence-electron chi connectivity index (χ0n) is 7.33. The van der Waals surface area contributed by atoms with Crippen LogP contribution < -0.4 is 0 Å². The Labute approximate surface area is 91.2 Å². The van der Waals surface area contributed by atoms with Crippen molar-refractivity contribution in [3.63, 3.8) is 0 Å². The molecule has 0 radical (unpaired) electrons. The van der Waals surface area contributed by atoms with Crippen LogP contribution in [0.15, 0.2) is 35.3 Å². The van der Waals surface area contributed by atoms with E-state index in [0.29, 0.717) is 6.54 Å². The normalized spacial score (nSPS) is 14.3. The molecule has 0 N–H and O–H groups in total. The largest absolute Gasteiger partial charge is 0.234 e. The molecular weight excluding hydrogens is 277 g/mol. The van der Waals surface area contributed by atoms with Gasteiger partial charge in [0.25, 0.3) is 0 Å². The molecule has 0 aromatic heterocycles. The Hall–Kier alpha value is -0.670. The van der Waals surface area contributed by atoms with E-state index in [9.17, 15) is 4.79 Å². The van der Waals surface area contributed by atoms with Gasteiger partial charge in [-0.25, -0.2) is 9.79 Å². The van der Waals surface area contributed by atoms with Crippen molar-refractivity contribution < 1.29 is 4.79 Å². The van der Waals surface area contributed by atoms with Crippen LogP contribution in [0.5, 0.6) is 0 Å². The SMILES string of the molecule is CC(I)(CN=C=O)c1ccccc1. The van der Waals surface area contributed by atoms with E-state index in [1.807, 2.05) is 37.3 Å². The number of nitrogens with zero attached hydrogens (tertiary/aromatic N) is 1. The summed E-state index contributed by atoms with van der Waals surface area (Å²) >= 11 is 2.29. The molecule has 0 saturated heterocycles. The molecule has 13 heavy (non-hydrogen) atoms. The molecule has 0 heterocycles. The summed E-state index contributed by atoms with van der Waals surface area (Å²) in [6.07, 6.45) is 1.56. The first-order valence-corrected chi connectivity index (χ1v) is 5.03. The first-order chi connectivity index (χ1) is 6.17. The zero-order chi connectivity index (χ0) is 9.73. The second-order valence-electron chi connectivity index (χ2n) is 2.97. The second kappa shape index (κ2) is 4.53. The van der Waals surface area contributed by atoms with E-state index >= 15 is 0 Å². The van der Waals surface area contributed by atoms with Crippen molar-refractivity contribution in [2.45, 2.75) is 10.3 Å². The maximum absolute atomic E-state index is 9.99. The number of rotatable bonds is 3. The van der Waals surface area contributed by atoms with Crippen LogP contribution in [0.25, 0.3) is 0 Å². The highest BCUT2D eigenvalue weighted by Crippen LogP contribution is 2.31. The van der Waals surface area contributed by atoms with Crippen LogP contribution >= 0.6 is 22.6 Å². The van der Waals surface area contributed by atoms with Crippen molar-refractivity contribution in [1.29, 1.82) is 0 Å². The topological polar surface area (TPSA) is 29.4 Å². The van der Waals surface area contributed by atoms with E-state index in [2.05, 4.69) is 27.6 Å². The predicted molar refractivity (Wildman–Crippen MR) is 60.8 cm³/mol. The third kappa shape index (κ3) is 2.94. The van der Waals surface area contributed by atoms with Gasteiger partial charge in [-0.05, 0) is 12.5 Å². The number of alkyl halides is 1. The Kier molecular flexibility index (Phi) is 3.63. The molecule has 1 rings (SSSR count). The molecule has 0 amide bonds. The Morgan fingerprint density at radius 2 is 2.08 bits per heavy atom. The van der Waals surface area contributed by atoms with Crippen LogP contribution in [0.3, 0.4) is 0 Å². The van der Waals surface area contributed by atoms with Gasteiger partial charge in [-0.2, -0.15) is 0 Å². The highest BCUT2D eigenvalue weighted by atomic mass is 127. The standard InChI is InChI=1S/C10H10INO/c1-10(11,7-12-8-13)9-5-3-2-4-6-9/h2-6H,7H2,1H3. The maximum Gasteiger partial charge on any atom is 0.234 e.